The van der Waals surface area contributed by atoms with E-state index in [0.717, 1.165) is 12.1 Å². The average molecular weight is 484 g/mol. The fraction of sp³-hybridized carbons (Fsp3) is 0.167. The Balaban J connectivity index is 1.75. The molecular weight excluding hydrogens is 461 g/mol. The van der Waals surface area contributed by atoms with Crippen molar-refractivity contribution in [1.29, 1.82) is 0 Å². The predicted molar refractivity (Wildman–Crippen MR) is 130 cm³/mol. The second-order valence-corrected chi connectivity index (χ2v) is 8.13. The van der Waals surface area contributed by atoms with Crippen molar-refractivity contribution >= 4 is 46.5 Å². The van der Waals surface area contributed by atoms with Crippen LogP contribution in [0.25, 0.3) is 0 Å². The van der Waals surface area contributed by atoms with Crippen molar-refractivity contribution in [3.63, 3.8) is 0 Å². The molecule has 0 spiro atoms. The van der Waals surface area contributed by atoms with Crippen LogP contribution >= 0.6 is 11.6 Å². The fourth-order valence-corrected chi connectivity index (χ4v) is 3.11. The second-order valence-electron chi connectivity index (χ2n) is 7.70. The molecule has 2 aromatic carbocycles. The molecule has 0 fully saturated rings. The Labute approximate surface area is 201 Å². The molecule has 1 aromatic heterocycles. The van der Waals surface area contributed by atoms with Gasteiger partial charge in [-0.1, -0.05) is 11.6 Å². The maximum atomic E-state index is 13.9. The molecule has 3 aromatic rings. The molecule has 3 rings (SSSR count). The quantitative estimate of drug-likeness (QED) is 0.531. The van der Waals surface area contributed by atoms with Crippen molar-refractivity contribution in [3.8, 4) is 0 Å². The monoisotopic (exact) mass is 483 g/mol. The molecule has 3 amide bonds. The van der Waals surface area contributed by atoms with Gasteiger partial charge in [-0.25, -0.2) is 9.37 Å². The van der Waals surface area contributed by atoms with Crippen LogP contribution in [0.15, 0.2) is 60.8 Å². The number of rotatable bonds is 7. The summed E-state index contributed by atoms with van der Waals surface area (Å²) in [5.41, 5.74) is 0.976. The Kier molecular flexibility index (Phi) is 7.93. The van der Waals surface area contributed by atoms with E-state index >= 15 is 0 Å². The van der Waals surface area contributed by atoms with Gasteiger partial charge < -0.3 is 20.4 Å². The maximum absolute atomic E-state index is 13.9. The largest absolute Gasteiger partial charge is 0.321 e. The van der Waals surface area contributed by atoms with Gasteiger partial charge in [0.1, 0.15) is 11.6 Å². The van der Waals surface area contributed by atoms with E-state index in [9.17, 15) is 18.8 Å². The van der Waals surface area contributed by atoms with Gasteiger partial charge in [0, 0.05) is 24.5 Å². The summed E-state index contributed by atoms with van der Waals surface area (Å²) >= 11 is 5.80. The molecule has 176 valence electrons. The molecule has 8 nitrogen and oxygen atoms in total. The van der Waals surface area contributed by atoms with Crippen LogP contribution in [0.1, 0.15) is 20.7 Å². The normalized spacial score (nSPS) is 10.6. The molecule has 1 heterocycles. The lowest BCUT2D eigenvalue weighted by atomic mass is 10.1. The number of pyridine rings is 1. The number of carbonyl (C=O) groups excluding carboxylic acids is 3. The van der Waals surface area contributed by atoms with Crippen LogP contribution in [-0.2, 0) is 4.79 Å². The molecular formula is C24H23ClFN5O3. The average Bonchev–Trinajstić information content (AvgIpc) is 2.80. The molecule has 0 bridgehead atoms. The lowest BCUT2D eigenvalue weighted by Crippen LogP contribution is -2.35. The van der Waals surface area contributed by atoms with Gasteiger partial charge in [0.05, 0.1) is 22.8 Å². The number of halogens is 2. The molecule has 0 radical (unpaired) electrons. The third kappa shape index (κ3) is 6.37. The minimum absolute atomic E-state index is 0.0734. The van der Waals surface area contributed by atoms with Crippen molar-refractivity contribution in [2.24, 2.45) is 0 Å². The van der Waals surface area contributed by atoms with E-state index in [4.69, 9.17) is 11.6 Å². The summed E-state index contributed by atoms with van der Waals surface area (Å²) in [5.74, 6) is -1.67. The van der Waals surface area contributed by atoms with Crippen LogP contribution in [-0.4, -0.2) is 55.3 Å². The zero-order valence-corrected chi connectivity index (χ0v) is 19.6. The minimum atomic E-state index is -0.652. The molecule has 0 atom stereocenters. The first-order chi connectivity index (χ1) is 16.1. The van der Waals surface area contributed by atoms with E-state index in [2.05, 4.69) is 15.6 Å². The SMILES string of the molecule is CN(C)CC(=O)N(C)c1ccc(C(=O)Nc2ccc(F)cc2C(=O)Nc2ccc(Cl)cn2)cc1. The summed E-state index contributed by atoms with van der Waals surface area (Å²) in [6, 6.07) is 12.9. The molecule has 0 aliphatic heterocycles. The van der Waals surface area contributed by atoms with E-state index < -0.39 is 17.6 Å². The fourth-order valence-electron chi connectivity index (χ4n) is 3.00. The zero-order chi connectivity index (χ0) is 24.8. The number of amides is 3. The minimum Gasteiger partial charge on any atom is -0.321 e. The first-order valence-electron chi connectivity index (χ1n) is 10.2. The molecule has 0 aliphatic rings. The molecule has 0 saturated carbocycles. The first-order valence-corrected chi connectivity index (χ1v) is 10.6. The van der Waals surface area contributed by atoms with Crippen LogP contribution in [0.2, 0.25) is 5.02 Å². The van der Waals surface area contributed by atoms with Crippen molar-refractivity contribution < 1.29 is 18.8 Å². The highest BCUT2D eigenvalue weighted by Gasteiger charge is 2.17. The third-order valence-corrected chi connectivity index (χ3v) is 5.01. The Morgan fingerprint density at radius 1 is 0.941 bits per heavy atom. The van der Waals surface area contributed by atoms with Gasteiger partial charge in [-0.05, 0) is 68.7 Å². The van der Waals surface area contributed by atoms with Crippen molar-refractivity contribution in [3.05, 3.63) is 82.8 Å². The van der Waals surface area contributed by atoms with Gasteiger partial charge in [0.25, 0.3) is 11.8 Å². The number of benzene rings is 2. The number of hydrogen-bond acceptors (Lipinski definition) is 5. The Hall–Kier alpha value is -3.82. The van der Waals surface area contributed by atoms with Crippen molar-refractivity contribution in [2.75, 3.05) is 43.2 Å². The number of aromatic nitrogens is 1. The number of anilines is 3. The summed E-state index contributed by atoms with van der Waals surface area (Å²) < 4.78 is 13.9. The van der Waals surface area contributed by atoms with E-state index in [1.54, 1.807) is 56.4 Å². The van der Waals surface area contributed by atoms with Gasteiger partial charge in [0.2, 0.25) is 5.91 Å². The summed E-state index contributed by atoms with van der Waals surface area (Å²) in [4.78, 5) is 44.9. The van der Waals surface area contributed by atoms with Crippen LogP contribution < -0.4 is 15.5 Å². The summed E-state index contributed by atoms with van der Waals surface area (Å²) in [6.45, 7) is 0.250. The van der Waals surface area contributed by atoms with E-state index in [-0.39, 0.29) is 29.5 Å². The Morgan fingerprint density at radius 3 is 2.26 bits per heavy atom. The van der Waals surface area contributed by atoms with Gasteiger partial charge >= 0.3 is 0 Å². The molecule has 2 N–H and O–H groups in total. The number of carbonyl (C=O) groups is 3. The number of likely N-dealkylation sites (N-methyl/N-ethyl adjacent to an activating group) is 2. The summed E-state index contributed by atoms with van der Waals surface area (Å²) in [5, 5.41) is 5.57. The van der Waals surface area contributed by atoms with Crippen molar-refractivity contribution in [2.45, 2.75) is 0 Å². The van der Waals surface area contributed by atoms with Gasteiger partial charge in [0.15, 0.2) is 0 Å². The van der Waals surface area contributed by atoms with E-state index in [1.807, 2.05) is 0 Å². The molecule has 34 heavy (non-hydrogen) atoms. The molecule has 0 aliphatic carbocycles. The van der Waals surface area contributed by atoms with Crippen molar-refractivity contribution in [1.82, 2.24) is 9.88 Å². The van der Waals surface area contributed by atoms with Crippen LogP contribution in [0.5, 0.6) is 0 Å². The van der Waals surface area contributed by atoms with Crippen LogP contribution in [0.3, 0.4) is 0 Å². The highest BCUT2D eigenvalue weighted by molar-refractivity contribution is 6.30. The molecule has 10 heteroatoms. The third-order valence-electron chi connectivity index (χ3n) is 4.79. The lowest BCUT2D eigenvalue weighted by Gasteiger charge is -2.20. The first kappa shape index (κ1) is 24.8. The van der Waals surface area contributed by atoms with Crippen LogP contribution in [0, 0.1) is 5.82 Å². The lowest BCUT2D eigenvalue weighted by molar-refractivity contribution is -0.118. The van der Waals surface area contributed by atoms with E-state index in [0.29, 0.717) is 16.3 Å². The van der Waals surface area contributed by atoms with Gasteiger partial charge in [-0.3, -0.25) is 14.4 Å². The topological polar surface area (TPSA) is 94.6 Å². The zero-order valence-electron chi connectivity index (χ0n) is 18.8. The Bertz CT molecular complexity index is 1200. The number of nitrogens with zero attached hydrogens (tertiary/aromatic N) is 3. The second kappa shape index (κ2) is 10.9. The standard InChI is InChI=1S/C24H23ClFN5O3/c1-30(2)14-22(32)31(3)18-8-4-15(5-9-18)23(33)28-20-10-7-17(26)12-19(20)24(34)29-21-11-6-16(25)13-27-21/h4-13H,14H2,1-3H3,(H,28,33)(H,27,29,34). The summed E-state index contributed by atoms with van der Waals surface area (Å²) in [6.07, 6.45) is 1.36. The summed E-state index contributed by atoms with van der Waals surface area (Å²) in [7, 11) is 5.25. The molecule has 0 saturated heterocycles. The smallest absolute Gasteiger partial charge is 0.259 e. The van der Waals surface area contributed by atoms with Crippen LogP contribution in [0.4, 0.5) is 21.6 Å². The van der Waals surface area contributed by atoms with E-state index in [1.165, 1.54) is 23.2 Å². The van der Waals surface area contributed by atoms with Gasteiger partial charge in [-0.2, -0.15) is 0 Å². The maximum Gasteiger partial charge on any atom is 0.259 e. The number of hydrogen-bond donors (Lipinski definition) is 2. The van der Waals surface area contributed by atoms with Gasteiger partial charge in [-0.15, -0.1) is 0 Å². The highest BCUT2D eigenvalue weighted by atomic mass is 35.5. The molecule has 0 unspecified atom stereocenters. The predicted octanol–water partition coefficient (Wildman–Crippen LogP) is 3.90. The highest BCUT2D eigenvalue weighted by Crippen LogP contribution is 2.21. The Morgan fingerprint density at radius 2 is 1.65 bits per heavy atom. The number of nitrogens with one attached hydrogen (secondary N) is 2.